The van der Waals surface area contributed by atoms with Crippen LogP contribution in [0.5, 0.6) is 0 Å². The van der Waals surface area contributed by atoms with E-state index in [1.54, 1.807) is 0 Å². The number of H-pyrrole nitrogens is 1. The van der Waals surface area contributed by atoms with Crippen LogP contribution in [0.4, 0.5) is 11.9 Å². The first-order valence-corrected chi connectivity index (χ1v) is 5.36. The van der Waals surface area contributed by atoms with Gasteiger partial charge in [-0.05, 0) is 25.7 Å². The second kappa shape index (κ2) is 4.48. The lowest BCUT2D eigenvalue weighted by Crippen LogP contribution is -2.30. The fourth-order valence-corrected chi connectivity index (χ4v) is 2.12. The number of nitrogens with zero attached hydrogens (tertiary/aromatic N) is 3. The maximum absolute atomic E-state index is 8.81. The molecule has 1 aromatic rings. The number of aliphatic hydroxyl groups is 1. The van der Waals surface area contributed by atoms with Crippen LogP contribution >= 0.6 is 0 Å². The molecule has 2 rings (SSSR count). The van der Waals surface area contributed by atoms with Crippen molar-refractivity contribution in [3.05, 3.63) is 0 Å². The Morgan fingerprint density at radius 1 is 1.60 bits per heavy atom. The van der Waals surface area contributed by atoms with Crippen molar-refractivity contribution < 1.29 is 5.11 Å². The lowest BCUT2D eigenvalue weighted by Gasteiger charge is -2.22. The van der Waals surface area contributed by atoms with E-state index in [1.807, 2.05) is 0 Å². The maximum atomic E-state index is 8.81. The van der Waals surface area contributed by atoms with Crippen molar-refractivity contribution in [3.8, 4) is 0 Å². The summed E-state index contributed by atoms with van der Waals surface area (Å²) in [6.07, 6.45) is 4.13. The molecule has 2 heterocycles. The smallest absolute Gasteiger partial charge is 0.246 e. The molecule has 1 aromatic heterocycles. The SMILES string of the molecule is Nc1nc(N2CCCC2CCCO)n[nH]1. The molecule has 6 heteroatoms. The van der Waals surface area contributed by atoms with Crippen LogP contribution in [0.3, 0.4) is 0 Å². The molecule has 0 radical (unpaired) electrons. The van der Waals surface area contributed by atoms with E-state index in [1.165, 1.54) is 0 Å². The van der Waals surface area contributed by atoms with Gasteiger partial charge in [-0.25, -0.2) is 5.10 Å². The van der Waals surface area contributed by atoms with E-state index in [2.05, 4.69) is 20.1 Å². The highest BCUT2D eigenvalue weighted by molar-refractivity contribution is 5.36. The summed E-state index contributed by atoms with van der Waals surface area (Å²) in [5.74, 6) is 1.05. The quantitative estimate of drug-likeness (QED) is 0.658. The predicted molar refractivity (Wildman–Crippen MR) is 57.5 cm³/mol. The lowest BCUT2D eigenvalue weighted by molar-refractivity contribution is 0.279. The monoisotopic (exact) mass is 211 g/mol. The van der Waals surface area contributed by atoms with Gasteiger partial charge in [-0.2, -0.15) is 4.98 Å². The van der Waals surface area contributed by atoms with Crippen molar-refractivity contribution in [2.75, 3.05) is 23.8 Å². The Hall–Kier alpha value is -1.30. The van der Waals surface area contributed by atoms with E-state index >= 15 is 0 Å². The Kier molecular flexibility index (Phi) is 3.05. The molecule has 0 spiro atoms. The molecular formula is C9H17N5O. The molecular weight excluding hydrogens is 194 g/mol. The Labute approximate surface area is 88.5 Å². The zero-order valence-corrected chi connectivity index (χ0v) is 8.69. The van der Waals surface area contributed by atoms with Gasteiger partial charge in [0.1, 0.15) is 0 Å². The average molecular weight is 211 g/mol. The highest BCUT2D eigenvalue weighted by Gasteiger charge is 2.26. The summed E-state index contributed by atoms with van der Waals surface area (Å²) in [6.45, 7) is 1.23. The van der Waals surface area contributed by atoms with Crippen molar-refractivity contribution in [3.63, 3.8) is 0 Å². The third kappa shape index (κ3) is 2.20. The van der Waals surface area contributed by atoms with Crippen molar-refractivity contribution >= 4 is 11.9 Å². The first-order valence-electron chi connectivity index (χ1n) is 5.36. The normalized spacial score (nSPS) is 21.1. The third-order valence-corrected chi connectivity index (χ3v) is 2.82. The van der Waals surface area contributed by atoms with Gasteiger partial charge < -0.3 is 15.7 Å². The molecule has 84 valence electrons. The van der Waals surface area contributed by atoms with Crippen LogP contribution in [0.1, 0.15) is 25.7 Å². The van der Waals surface area contributed by atoms with Gasteiger partial charge in [0.25, 0.3) is 0 Å². The highest BCUT2D eigenvalue weighted by atomic mass is 16.2. The molecule has 1 fully saturated rings. The molecule has 15 heavy (non-hydrogen) atoms. The Balaban J connectivity index is 2.01. The van der Waals surface area contributed by atoms with Crippen LogP contribution in [-0.4, -0.2) is 39.5 Å². The summed E-state index contributed by atoms with van der Waals surface area (Å²) in [6, 6.07) is 0.451. The zero-order chi connectivity index (χ0) is 10.7. The van der Waals surface area contributed by atoms with Gasteiger partial charge in [0.15, 0.2) is 0 Å². The van der Waals surface area contributed by atoms with Crippen molar-refractivity contribution in [1.82, 2.24) is 15.2 Å². The first-order chi connectivity index (χ1) is 7.31. The van der Waals surface area contributed by atoms with E-state index in [0.717, 1.165) is 32.2 Å². The molecule has 1 aliphatic rings. The summed E-state index contributed by atoms with van der Waals surface area (Å²) in [5, 5.41) is 15.5. The van der Waals surface area contributed by atoms with Gasteiger partial charge in [-0.15, -0.1) is 5.10 Å². The van der Waals surface area contributed by atoms with E-state index in [0.29, 0.717) is 17.9 Å². The molecule has 6 nitrogen and oxygen atoms in total. The standard InChI is InChI=1S/C9H17N5O/c10-8-11-9(13-12-8)14-5-1-3-7(14)4-2-6-15/h7,15H,1-6H2,(H3,10,11,12,13). The molecule has 0 aromatic carbocycles. The summed E-state index contributed by atoms with van der Waals surface area (Å²) in [5.41, 5.74) is 5.50. The lowest BCUT2D eigenvalue weighted by atomic mass is 10.1. The summed E-state index contributed by atoms with van der Waals surface area (Å²) in [4.78, 5) is 6.29. The number of hydrogen-bond donors (Lipinski definition) is 3. The highest BCUT2D eigenvalue weighted by Crippen LogP contribution is 2.25. The van der Waals surface area contributed by atoms with E-state index in [4.69, 9.17) is 10.8 Å². The van der Waals surface area contributed by atoms with Gasteiger partial charge in [-0.3, -0.25) is 0 Å². The number of aromatic nitrogens is 3. The second-order valence-electron chi connectivity index (χ2n) is 3.88. The number of nitrogens with two attached hydrogens (primary N) is 1. The van der Waals surface area contributed by atoms with Gasteiger partial charge in [0.05, 0.1) is 0 Å². The first kappa shape index (κ1) is 10.2. The zero-order valence-electron chi connectivity index (χ0n) is 8.69. The summed E-state index contributed by atoms with van der Waals surface area (Å²) >= 11 is 0. The largest absolute Gasteiger partial charge is 0.396 e. The Morgan fingerprint density at radius 2 is 2.47 bits per heavy atom. The molecule has 0 amide bonds. The number of rotatable bonds is 4. The fraction of sp³-hybridized carbons (Fsp3) is 0.778. The fourth-order valence-electron chi connectivity index (χ4n) is 2.12. The third-order valence-electron chi connectivity index (χ3n) is 2.82. The predicted octanol–water partition coefficient (Wildman–Crippen LogP) is 0.128. The number of anilines is 2. The van der Waals surface area contributed by atoms with Crippen LogP contribution in [0, 0.1) is 0 Å². The van der Waals surface area contributed by atoms with Gasteiger partial charge in [0, 0.05) is 19.2 Å². The molecule has 1 saturated heterocycles. The van der Waals surface area contributed by atoms with Gasteiger partial charge in [-0.1, -0.05) is 0 Å². The number of nitrogen functional groups attached to an aromatic ring is 1. The second-order valence-corrected chi connectivity index (χ2v) is 3.88. The Bertz CT molecular complexity index is 313. The Morgan fingerprint density at radius 3 is 3.13 bits per heavy atom. The van der Waals surface area contributed by atoms with Gasteiger partial charge in [0.2, 0.25) is 11.9 Å². The van der Waals surface area contributed by atoms with Crippen LogP contribution in [-0.2, 0) is 0 Å². The van der Waals surface area contributed by atoms with E-state index in [9.17, 15) is 0 Å². The number of nitrogens with one attached hydrogen (secondary N) is 1. The van der Waals surface area contributed by atoms with Crippen molar-refractivity contribution in [1.29, 1.82) is 0 Å². The molecule has 1 unspecified atom stereocenters. The molecule has 4 N–H and O–H groups in total. The van der Waals surface area contributed by atoms with Crippen molar-refractivity contribution in [2.24, 2.45) is 0 Å². The minimum absolute atomic E-state index is 0.250. The number of aromatic amines is 1. The van der Waals surface area contributed by atoms with E-state index < -0.39 is 0 Å². The average Bonchev–Trinajstić information content (AvgIpc) is 2.82. The number of aliphatic hydroxyl groups excluding tert-OH is 1. The van der Waals surface area contributed by atoms with Crippen LogP contribution in [0.15, 0.2) is 0 Å². The van der Waals surface area contributed by atoms with Gasteiger partial charge >= 0.3 is 0 Å². The molecule has 0 saturated carbocycles. The van der Waals surface area contributed by atoms with Crippen LogP contribution in [0.2, 0.25) is 0 Å². The molecule has 0 aliphatic carbocycles. The molecule has 1 aliphatic heterocycles. The minimum Gasteiger partial charge on any atom is -0.396 e. The van der Waals surface area contributed by atoms with Crippen LogP contribution < -0.4 is 10.6 Å². The van der Waals surface area contributed by atoms with E-state index in [-0.39, 0.29) is 6.61 Å². The number of hydrogen-bond acceptors (Lipinski definition) is 5. The molecule has 0 bridgehead atoms. The molecule has 1 atom stereocenters. The summed E-state index contributed by atoms with van der Waals surface area (Å²) < 4.78 is 0. The topological polar surface area (TPSA) is 91.1 Å². The van der Waals surface area contributed by atoms with Crippen molar-refractivity contribution in [2.45, 2.75) is 31.7 Å². The summed E-state index contributed by atoms with van der Waals surface area (Å²) in [7, 11) is 0. The minimum atomic E-state index is 0.250. The maximum Gasteiger partial charge on any atom is 0.246 e. The van der Waals surface area contributed by atoms with Crippen LogP contribution in [0.25, 0.3) is 0 Å².